The van der Waals surface area contributed by atoms with Gasteiger partial charge in [0.1, 0.15) is 16.9 Å². The minimum Gasteiger partial charge on any atom is -0.465 e. The number of carbonyl (C=O) groups is 2. The van der Waals surface area contributed by atoms with Gasteiger partial charge in [0.15, 0.2) is 0 Å². The molecule has 1 aromatic carbocycles. The zero-order valence-corrected chi connectivity index (χ0v) is 14.3. The molecule has 0 bridgehead atoms. The molecule has 1 atom stereocenters. The highest BCUT2D eigenvalue weighted by Crippen LogP contribution is 2.32. The highest BCUT2D eigenvalue weighted by atomic mass is 32.2. The van der Waals surface area contributed by atoms with Gasteiger partial charge in [0.25, 0.3) is 0 Å². The van der Waals surface area contributed by atoms with Crippen molar-refractivity contribution in [2.45, 2.75) is 50.2 Å². The first-order valence-electron chi connectivity index (χ1n) is 7.55. The summed E-state index contributed by atoms with van der Waals surface area (Å²) in [5.41, 5.74) is -0.0995. The van der Waals surface area contributed by atoms with E-state index in [2.05, 4.69) is 5.32 Å². The summed E-state index contributed by atoms with van der Waals surface area (Å²) in [5, 5.41) is 1.79. The van der Waals surface area contributed by atoms with Crippen LogP contribution in [0.4, 0.5) is 14.5 Å². The number of ether oxygens (including phenoxy) is 1. The second-order valence-corrected chi connectivity index (χ2v) is 6.09. The number of thioether (sulfide) groups is 1. The van der Waals surface area contributed by atoms with Crippen molar-refractivity contribution >= 4 is 29.3 Å². The van der Waals surface area contributed by atoms with Crippen molar-refractivity contribution in [3.63, 3.8) is 0 Å². The molecule has 0 saturated heterocycles. The Labute approximate surface area is 139 Å². The number of amides is 1. The molecule has 0 aliphatic heterocycles. The van der Waals surface area contributed by atoms with Crippen LogP contribution < -0.4 is 5.32 Å². The second kappa shape index (κ2) is 9.50. The third-order valence-corrected chi connectivity index (χ3v) is 4.35. The summed E-state index contributed by atoms with van der Waals surface area (Å²) in [5.74, 6) is -2.43. The predicted octanol–water partition coefficient (Wildman–Crippen LogP) is 4.14. The molecule has 7 heteroatoms. The van der Waals surface area contributed by atoms with Crippen LogP contribution in [-0.2, 0) is 14.3 Å². The maximum absolute atomic E-state index is 13.9. The molecular weight excluding hydrogens is 324 g/mol. The Hall–Kier alpha value is -1.63. The molecule has 4 nitrogen and oxygen atoms in total. The van der Waals surface area contributed by atoms with Gasteiger partial charge in [-0.15, -0.1) is 11.8 Å². The molecule has 1 amide bonds. The van der Waals surface area contributed by atoms with E-state index in [1.165, 1.54) is 6.07 Å². The number of esters is 1. The zero-order valence-electron chi connectivity index (χ0n) is 13.4. The van der Waals surface area contributed by atoms with E-state index in [0.29, 0.717) is 25.5 Å². The second-order valence-electron chi connectivity index (χ2n) is 4.85. The lowest BCUT2D eigenvalue weighted by Crippen LogP contribution is -2.20. The van der Waals surface area contributed by atoms with Crippen LogP contribution in [0.25, 0.3) is 0 Å². The van der Waals surface area contributed by atoms with Crippen LogP contribution in [0, 0.1) is 11.6 Å². The fourth-order valence-corrected chi connectivity index (χ4v) is 2.70. The Balaban J connectivity index is 2.95. The van der Waals surface area contributed by atoms with Crippen LogP contribution in [0.15, 0.2) is 17.0 Å². The highest BCUT2D eigenvalue weighted by Gasteiger charge is 2.22. The van der Waals surface area contributed by atoms with Crippen molar-refractivity contribution in [3.05, 3.63) is 23.8 Å². The van der Waals surface area contributed by atoms with E-state index in [1.54, 1.807) is 13.8 Å². The lowest BCUT2D eigenvalue weighted by Gasteiger charge is -2.15. The molecule has 0 heterocycles. The minimum absolute atomic E-state index is 0.0955. The molecule has 0 aliphatic carbocycles. The van der Waals surface area contributed by atoms with Crippen LogP contribution in [0.2, 0.25) is 0 Å². The summed E-state index contributed by atoms with van der Waals surface area (Å²) < 4.78 is 32.7. The SMILES string of the molecule is CCCOC(=O)C(CC)Sc1cc(NC(=O)CC)c(F)cc1F. The van der Waals surface area contributed by atoms with E-state index < -0.39 is 22.9 Å². The van der Waals surface area contributed by atoms with Crippen molar-refractivity contribution < 1.29 is 23.1 Å². The first-order chi connectivity index (χ1) is 10.9. The molecular formula is C16H21F2NO3S. The smallest absolute Gasteiger partial charge is 0.319 e. The van der Waals surface area contributed by atoms with Crippen molar-refractivity contribution in [2.75, 3.05) is 11.9 Å². The third-order valence-electron chi connectivity index (χ3n) is 2.97. The first kappa shape index (κ1) is 19.4. The van der Waals surface area contributed by atoms with Crippen molar-refractivity contribution in [3.8, 4) is 0 Å². The molecule has 0 fully saturated rings. The van der Waals surface area contributed by atoms with Gasteiger partial charge in [0.2, 0.25) is 5.91 Å². The monoisotopic (exact) mass is 345 g/mol. The number of nitrogens with one attached hydrogen (secondary N) is 1. The average molecular weight is 345 g/mol. The summed E-state index contributed by atoms with van der Waals surface area (Å²) in [6.45, 7) is 5.60. The van der Waals surface area contributed by atoms with Gasteiger partial charge < -0.3 is 10.1 Å². The Morgan fingerprint density at radius 1 is 1.22 bits per heavy atom. The third kappa shape index (κ3) is 5.82. The van der Waals surface area contributed by atoms with Gasteiger partial charge in [-0.3, -0.25) is 9.59 Å². The van der Waals surface area contributed by atoms with Gasteiger partial charge in [-0.25, -0.2) is 8.78 Å². The van der Waals surface area contributed by atoms with E-state index >= 15 is 0 Å². The molecule has 23 heavy (non-hydrogen) atoms. The van der Waals surface area contributed by atoms with Crippen LogP contribution in [0.1, 0.15) is 40.0 Å². The fraction of sp³-hybridized carbons (Fsp3) is 0.500. The fourth-order valence-electron chi connectivity index (χ4n) is 1.70. The Morgan fingerprint density at radius 2 is 1.91 bits per heavy atom. The average Bonchev–Trinajstić information content (AvgIpc) is 2.53. The molecule has 128 valence electrons. The molecule has 0 spiro atoms. The summed E-state index contributed by atoms with van der Waals surface area (Å²) >= 11 is 0.964. The molecule has 1 rings (SSSR count). The lowest BCUT2D eigenvalue weighted by molar-refractivity contribution is -0.143. The van der Waals surface area contributed by atoms with E-state index in [0.717, 1.165) is 11.8 Å². The molecule has 0 radical (unpaired) electrons. The number of hydrogen-bond donors (Lipinski definition) is 1. The van der Waals surface area contributed by atoms with Crippen molar-refractivity contribution in [1.29, 1.82) is 0 Å². The Kier molecular flexibility index (Phi) is 8.02. The standard InChI is InChI=1S/C16H21F2NO3S/c1-4-7-22-16(21)13(5-2)23-14-9-12(19-15(20)6-3)10(17)8-11(14)18/h8-9,13H,4-7H2,1-3H3,(H,19,20). The number of benzene rings is 1. The minimum atomic E-state index is -0.852. The van der Waals surface area contributed by atoms with Gasteiger partial charge in [-0.2, -0.15) is 0 Å². The predicted molar refractivity (Wildman–Crippen MR) is 86.5 cm³/mol. The molecule has 0 aliphatic rings. The van der Waals surface area contributed by atoms with Gasteiger partial charge >= 0.3 is 5.97 Å². The molecule has 0 aromatic heterocycles. The summed E-state index contributed by atoms with van der Waals surface area (Å²) in [4.78, 5) is 23.4. The summed E-state index contributed by atoms with van der Waals surface area (Å²) in [6, 6.07) is 1.91. The Morgan fingerprint density at radius 3 is 2.48 bits per heavy atom. The number of rotatable bonds is 8. The van der Waals surface area contributed by atoms with E-state index in [-0.39, 0.29) is 22.9 Å². The number of hydrogen-bond acceptors (Lipinski definition) is 4. The van der Waals surface area contributed by atoms with Crippen molar-refractivity contribution in [1.82, 2.24) is 0 Å². The van der Waals surface area contributed by atoms with Gasteiger partial charge in [-0.05, 0) is 18.9 Å². The summed E-state index contributed by atoms with van der Waals surface area (Å²) in [7, 11) is 0. The van der Waals surface area contributed by atoms with Gasteiger partial charge in [0, 0.05) is 17.4 Å². The van der Waals surface area contributed by atoms with Crippen LogP contribution >= 0.6 is 11.8 Å². The van der Waals surface area contributed by atoms with Crippen LogP contribution in [0.5, 0.6) is 0 Å². The van der Waals surface area contributed by atoms with Crippen LogP contribution in [0.3, 0.4) is 0 Å². The topological polar surface area (TPSA) is 55.4 Å². The van der Waals surface area contributed by atoms with Crippen molar-refractivity contribution in [2.24, 2.45) is 0 Å². The molecule has 1 aromatic rings. The Bertz CT molecular complexity index is 567. The van der Waals surface area contributed by atoms with E-state index in [4.69, 9.17) is 4.74 Å². The zero-order chi connectivity index (χ0) is 17.4. The van der Waals surface area contributed by atoms with Crippen LogP contribution in [-0.4, -0.2) is 23.7 Å². The maximum atomic E-state index is 13.9. The van der Waals surface area contributed by atoms with Gasteiger partial charge in [-0.1, -0.05) is 20.8 Å². The number of halogens is 2. The molecule has 1 unspecified atom stereocenters. The lowest BCUT2D eigenvalue weighted by atomic mass is 10.3. The quantitative estimate of drug-likeness (QED) is 0.568. The first-order valence-corrected chi connectivity index (χ1v) is 8.42. The molecule has 0 saturated carbocycles. The van der Waals surface area contributed by atoms with Gasteiger partial charge in [0.05, 0.1) is 12.3 Å². The highest BCUT2D eigenvalue weighted by molar-refractivity contribution is 8.00. The normalized spacial score (nSPS) is 11.9. The maximum Gasteiger partial charge on any atom is 0.319 e. The summed E-state index contributed by atoms with van der Waals surface area (Å²) in [6.07, 6.45) is 1.33. The number of carbonyl (C=O) groups excluding carboxylic acids is 2. The van der Waals surface area contributed by atoms with E-state index in [9.17, 15) is 18.4 Å². The molecule has 1 N–H and O–H groups in total. The number of anilines is 1. The van der Waals surface area contributed by atoms with E-state index in [1.807, 2.05) is 6.92 Å². The largest absolute Gasteiger partial charge is 0.465 e.